The van der Waals surface area contributed by atoms with Gasteiger partial charge in [0.15, 0.2) is 6.61 Å². The van der Waals surface area contributed by atoms with Crippen molar-refractivity contribution in [3.63, 3.8) is 0 Å². The third kappa shape index (κ3) is 3.80. The molecule has 0 atom stereocenters. The zero-order valence-electron chi connectivity index (χ0n) is 13.1. The third-order valence-electron chi connectivity index (χ3n) is 3.32. The molecule has 0 amide bonds. The number of benzene rings is 2. The number of hydrogen-bond acceptors (Lipinski definition) is 7. The minimum absolute atomic E-state index is 0.0406. The van der Waals surface area contributed by atoms with Gasteiger partial charge in [-0.15, -0.1) is 0 Å². The Hall–Kier alpha value is -2.87. The van der Waals surface area contributed by atoms with Crippen LogP contribution in [0.2, 0.25) is 0 Å². The van der Waals surface area contributed by atoms with Gasteiger partial charge in [-0.3, -0.25) is 0 Å². The van der Waals surface area contributed by atoms with E-state index < -0.39 is 5.97 Å². The van der Waals surface area contributed by atoms with Crippen molar-refractivity contribution in [2.75, 3.05) is 7.11 Å². The Labute approximate surface area is 151 Å². The van der Waals surface area contributed by atoms with E-state index in [9.17, 15) is 9.90 Å². The fraction of sp³-hybridized carbons (Fsp3) is 0.118. The van der Waals surface area contributed by atoms with Crippen LogP contribution < -0.4 is 4.74 Å². The summed E-state index contributed by atoms with van der Waals surface area (Å²) in [5, 5.41) is 13.6. The van der Waals surface area contributed by atoms with Gasteiger partial charge < -0.3 is 19.1 Å². The molecule has 1 N–H and O–H groups in total. The summed E-state index contributed by atoms with van der Waals surface area (Å²) in [6.07, 6.45) is 0. The van der Waals surface area contributed by atoms with E-state index in [2.05, 4.69) is 26.1 Å². The van der Waals surface area contributed by atoms with E-state index in [1.54, 1.807) is 25.3 Å². The van der Waals surface area contributed by atoms with Gasteiger partial charge in [-0.2, -0.15) is 4.98 Å². The summed E-state index contributed by atoms with van der Waals surface area (Å²) in [6, 6.07) is 11.7. The molecule has 128 valence electrons. The molecule has 8 heteroatoms. The second-order valence-corrected chi connectivity index (χ2v) is 5.87. The number of para-hydroxylation sites is 1. The Balaban J connectivity index is 1.72. The van der Waals surface area contributed by atoms with E-state index in [1.165, 1.54) is 12.1 Å². The number of carbonyl (C=O) groups is 1. The second-order valence-electron chi connectivity index (χ2n) is 4.95. The van der Waals surface area contributed by atoms with Crippen molar-refractivity contribution in [2.24, 2.45) is 0 Å². The number of methoxy groups -OCH3 is 1. The van der Waals surface area contributed by atoms with Crippen molar-refractivity contribution in [1.29, 1.82) is 0 Å². The maximum Gasteiger partial charge on any atom is 0.342 e. The molecule has 0 fully saturated rings. The molecule has 0 saturated heterocycles. The van der Waals surface area contributed by atoms with Crippen molar-refractivity contribution in [3.8, 4) is 22.9 Å². The van der Waals surface area contributed by atoms with Gasteiger partial charge in [0.1, 0.15) is 17.1 Å². The van der Waals surface area contributed by atoms with Crippen molar-refractivity contribution in [2.45, 2.75) is 6.61 Å². The van der Waals surface area contributed by atoms with Crippen LogP contribution in [0.5, 0.6) is 11.5 Å². The number of ether oxygens (including phenoxy) is 2. The van der Waals surface area contributed by atoms with Crippen molar-refractivity contribution in [1.82, 2.24) is 10.1 Å². The Morgan fingerprint density at radius 3 is 2.88 bits per heavy atom. The summed E-state index contributed by atoms with van der Waals surface area (Å²) in [7, 11) is 1.55. The number of aromatic nitrogens is 2. The molecule has 3 aromatic rings. The number of halogens is 1. The van der Waals surface area contributed by atoms with Crippen LogP contribution in [0.1, 0.15) is 16.2 Å². The summed E-state index contributed by atoms with van der Waals surface area (Å²) in [5.74, 6) is 0.188. The molecule has 0 radical (unpaired) electrons. The van der Waals surface area contributed by atoms with E-state index in [0.29, 0.717) is 21.6 Å². The van der Waals surface area contributed by atoms with Crippen LogP contribution in [0.25, 0.3) is 11.4 Å². The largest absolute Gasteiger partial charge is 0.507 e. The molecule has 0 spiro atoms. The van der Waals surface area contributed by atoms with E-state index >= 15 is 0 Å². The fourth-order valence-corrected chi connectivity index (χ4v) is 2.49. The minimum Gasteiger partial charge on any atom is -0.507 e. The quantitative estimate of drug-likeness (QED) is 0.649. The number of rotatable bonds is 5. The van der Waals surface area contributed by atoms with E-state index in [4.69, 9.17) is 14.0 Å². The summed E-state index contributed by atoms with van der Waals surface area (Å²) >= 11 is 3.23. The van der Waals surface area contributed by atoms with Crippen LogP contribution in [0.15, 0.2) is 51.5 Å². The maximum absolute atomic E-state index is 12.1. The number of nitrogens with zero attached hydrogens (tertiary/aromatic N) is 2. The zero-order chi connectivity index (χ0) is 17.8. The monoisotopic (exact) mass is 404 g/mol. The van der Waals surface area contributed by atoms with Crippen molar-refractivity contribution in [3.05, 3.63) is 58.4 Å². The summed E-state index contributed by atoms with van der Waals surface area (Å²) in [6.45, 7) is -0.215. The van der Waals surface area contributed by atoms with Gasteiger partial charge in [0.25, 0.3) is 5.89 Å². The highest BCUT2D eigenvalue weighted by Gasteiger charge is 2.17. The van der Waals surface area contributed by atoms with Gasteiger partial charge >= 0.3 is 5.97 Å². The molecule has 0 aliphatic heterocycles. The first-order valence-corrected chi connectivity index (χ1v) is 7.99. The van der Waals surface area contributed by atoms with Crippen LogP contribution in [-0.2, 0) is 11.3 Å². The van der Waals surface area contributed by atoms with Gasteiger partial charge in [-0.1, -0.05) is 33.2 Å². The molecular weight excluding hydrogens is 392 g/mol. The van der Waals surface area contributed by atoms with Gasteiger partial charge in [-0.05, 0) is 30.3 Å². The number of carbonyl (C=O) groups excluding carboxylic acids is 1. The normalized spacial score (nSPS) is 10.5. The lowest BCUT2D eigenvalue weighted by molar-refractivity contribution is 0.0426. The Morgan fingerprint density at radius 2 is 2.08 bits per heavy atom. The number of phenolic OH excluding ortho intramolecular Hbond substituents is 1. The standard InChI is InChI=1S/C17H13BrN2O5/c1-23-14-5-3-2-4-11(14)16-19-15(25-20-16)9-24-17(22)12-8-10(18)6-7-13(12)21/h2-8,21H,9H2,1H3. The van der Waals surface area contributed by atoms with E-state index in [0.717, 1.165) is 0 Å². The molecule has 1 aromatic heterocycles. The number of hydrogen-bond donors (Lipinski definition) is 1. The highest BCUT2D eigenvalue weighted by atomic mass is 79.9. The lowest BCUT2D eigenvalue weighted by atomic mass is 10.2. The first-order chi connectivity index (χ1) is 12.1. The van der Waals surface area contributed by atoms with Gasteiger partial charge in [-0.25, -0.2) is 4.79 Å². The predicted octanol–water partition coefficient (Wildman–Crippen LogP) is 3.57. The molecule has 7 nitrogen and oxygen atoms in total. The van der Waals surface area contributed by atoms with Crippen LogP contribution in [0, 0.1) is 0 Å². The van der Waals surface area contributed by atoms with Crippen LogP contribution in [0.4, 0.5) is 0 Å². The second kappa shape index (κ2) is 7.35. The van der Waals surface area contributed by atoms with Crippen LogP contribution >= 0.6 is 15.9 Å². The number of aromatic hydroxyl groups is 1. The highest BCUT2D eigenvalue weighted by molar-refractivity contribution is 9.10. The SMILES string of the molecule is COc1ccccc1-c1noc(COC(=O)c2cc(Br)ccc2O)n1. The van der Waals surface area contributed by atoms with Crippen LogP contribution in [0.3, 0.4) is 0 Å². The number of phenols is 1. The summed E-state index contributed by atoms with van der Waals surface area (Å²) < 4.78 is 16.1. The molecule has 0 unspecified atom stereocenters. The molecule has 0 saturated carbocycles. The lowest BCUT2D eigenvalue weighted by Crippen LogP contribution is -2.06. The Bertz CT molecular complexity index is 910. The molecule has 25 heavy (non-hydrogen) atoms. The van der Waals surface area contributed by atoms with Crippen LogP contribution in [-0.4, -0.2) is 28.3 Å². The smallest absolute Gasteiger partial charge is 0.342 e. The predicted molar refractivity (Wildman–Crippen MR) is 91.2 cm³/mol. The average molecular weight is 405 g/mol. The highest BCUT2D eigenvalue weighted by Crippen LogP contribution is 2.27. The zero-order valence-corrected chi connectivity index (χ0v) is 14.7. The molecule has 0 aliphatic carbocycles. The van der Waals surface area contributed by atoms with Gasteiger partial charge in [0, 0.05) is 4.47 Å². The number of esters is 1. The lowest BCUT2D eigenvalue weighted by Gasteiger charge is -2.04. The first kappa shape index (κ1) is 17.0. The van der Waals surface area contributed by atoms with Gasteiger partial charge in [0.2, 0.25) is 5.82 Å². The molecular formula is C17H13BrN2O5. The first-order valence-electron chi connectivity index (χ1n) is 7.20. The topological polar surface area (TPSA) is 94.7 Å². The molecule has 3 rings (SSSR count). The van der Waals surface area contributed by atoms with Gasteiger partial charge in [0.05, 0.1) is 12.7 Å². The molecule has 0 aliphatic rings. The minimum atomic E-state index is -0.698. The Kier molecular flexibility index (Phi) is 4.99. The molecule has 2 aromatic carbocycles. The van der Waals surface area contributed by atoms with Crippen molar-refractivity contribution < 1.29 is 23.9 Å². The fourth-order valence-electron chi connectivity index (χ4n) is 2.13. The summed E-state index contributed by atoms with van der Waals surface area (Å²) in [4.78, 5) is 16.2. The van der Waals surface area contributed by atoms with Crippen molar-refractivity contribution >= 4 is 21.9 Å². The maximum atomic E-state index is 12.1. The average Bonchev–Trinajstić information content (AvgIpc) is 3.10. The molecule has 1 heterocycles. The third-order valence-corrected chi connectivity index (χ3v) is 3.81. The Morgan fingerprint density at radius 1 is 1.28 bits per heavy atom. The molecule has 0 bridgehead atoms. The summed E-state index contributed by atoms with van der Waals surface area (Å²) in [5.41, 5.74) is 0.704. The van der Waals surface area contributed by atoms with E-state index in [1.807, 2.05) is 12.1 Å². The van der Waals surface area contributed by atoms with E-state index in [-0.39, 0.29) is 23.8 Å².